The molecule has 2 N–H and O–H groups in total. The first-order valence-electron chi connectivity index (χ1n) is 7.64. The fourth-order valence-electron chi connectivity index (χ4n) is 3.26. The van der Waals surface area contributed by atoms with Gasteiger partial charge in [0, 0.05) is 44.4 Å². The van der Waals surface area contributed by atoms with Crippen LogP contribution in [0.2, 0.25) is 0 Å². The number of rotatable bonds is 5. The van der Waals surface area contributed by atoms with Gasteiger partial charge in [-0.1, -0.05) is 0 Å². The zero-order valence-electron chi connectivity index (χ0n) is 12.8. The van der Waals surface area contributed by atoms with Gasteiger partial charge in [-0.25, -0.2) is 0 Å². The second-order valence-electron chi connectivity index (χ2n) is 5.83. The maximum absolute atomic E-state index is 10.5. The minimum absolute atomic E-state index is 0.243. The van der Waals surface area contributed by atoms with Crippen LogP contribution in [0.4, 0.5) is 0 Å². The summed E-state index contributed by atoms with van der Waals surface area (Å²) < 4.78 is 10.8. The second kappa shape index (κ2) is 6.12. The summed E-state index contributed by atoms with van der Waals surface area (Å²) in [5.41, 5.74) is 0.919. The predicted molar refractivity (Wildman–Crippen MR) is 81.1 cm³/mol. The summed E-state index contributed by atoms with van der Waals surface area (Å²) in [4.78, 5) is 2.47. The van der Waals surface area contributed by atoms with Crippen molar-refractivity contribution in [3.05, 3.63) is 17.7 Å². The van der Waals surface area contributed by atoms with E-state index in [4.69, 9.17) is 9.47 Å². The molecule has 5 nitrogen and oxygen atoms in total. The minimum Gasteiger partial charge on any atom is -0.507 e. The molecule has 5 heteroatoms. The van der Waals surface area contributed by atoms with Gasteiger partial charge in [-0.3, -0.25) is 4.90 Å². The Kier molecular flexibility index (Phi) is 4.22. The molecule has 0 spiro atoms. The third kappa shape index (κ3) is 2.94. The lowest BCUT2D eigenvalue weighted by Gasteiger charge is -2.36. The van der Waals surface area contributed by atoms with Gasteiger partial charge in [0.1, 0.15) is 17.2 Å². The molecule has 1 aliphatic carbocycles. The molecule has 1 aliphatic heterocycles. The Hall–Kier alpha value is -1.46. The molecule has 2 aliphatic rings. The number of ether oxygens (including phenoxy) is 2. The SMILES string of the molecule is COc1cc(O)c([C@H](C2CC2)N2CCNCC2)c(OC)c1. The van der Waals surface area contributed by atoms with Crippen molar-refractivity contribution >= 4 is 0 Å². The van der Waals surface area contributed by atoms with Crippen molar-refractivity contribution in [3.8, 4) is 17.2 Å². The van der Waals surface area contributed by atoms with Crippen molar-refractivity contribution < 1.29 is 14.6 Å². The van der Waals surface area contributed by atoms with E-state index in [9.17, 15) is 5.11 Å². The van der Waals surface area contributed by atoms with Crippen molar-refractivity contribution in [3.63, 3.8) is 0 Å². The average Bonchev–Trinajstić information content (AvgIpc) is 3.34. The summed E-state index contributed by atoms with van der Waals surface area (Å²) in [7, 11) is 3.25. The predicted octanol–water partition coefficient (Wildman–Crippen LogP) is 1.77. The first-order chi connectivity index (χ1) is 10.2. The minimum atomic E-state index is 0.243. The maximum Gasteiger partial charge on any atom is 0.131 e. The Morgan fingerprint density at radius 2 is 1.90 bits per heavy atom. The first-order valence-corrected chi connectivity index (χ1v) is 7.64. The van der Waals surface area contributed by atoms with Gasteiger partial charge in [0.15, 0.2) is 0 Å². The molecule has 0 bridgehead atoms. The average molecular weight is 292 g/mol. The van der Waals surface area contributed by atoms with Gasteiger partial charge >= 0.3 is 0 Å². The molecule has 1 aromatic rings. The quantitative estimate of drug-likeness (QED) is 0.866. The van der Waals surface area contributed by atoms with Crippen LogP contribution in [0, 0.1) is 5.92 Å². The fraction of sp³-hybridized carbons (Fsp3) is 0.625. The van der Waals surface area contributed by atoms with E-state index in [-0.39, 0.29) is 11.8 Å². The Labute approximate surface area is 125 Å². The van der Waals surface area contributed by atoms with Crippen molar-refractivity contribution in [2.75, 3.05) is 40.4 Å². The maximum atomic E-state index is 10.5. The Bertz CT molecular complexity index is 497. The van der Waals surface area contributed by atoms with Gasteiger partial charge in [-0.2, -0.15) is 0 Å². The zero-order chi connectivity index (χ0) is 14.8. The first kappa shape index (κ1) is 14.5. The van der Waals surface area contributed by atoms with Crippen LogP contribution in [0.25, 0.3) is 0 Å². The van der Waals surface area contributed by atoms with Gasteiger partial charge in [0.25, 0.3) is 0 Å². The van der Waals surface area contributed by atoms with Crippen LogP contribution in [-0.4, -0.2) is 50.4 Å². The molecule has 0 unspecified atom stereocenters. The largest absolute Gasteiger partial charge is 0.507 e. The smallest absolute Gasteiger partial charge is 0.131 e. The monoisotopic (exact) mass is 292 g/mol. The van der Waals surface area contributed by atoms with E-state index >= 15 is 0 Å². The molecule has 1 saturated heterocycles. The fourth-order valence-corrected chi connectivity index (χ4v) is 3.26. The molecule has 2 fully saturated rings. The molecule has 0 amide bonds. The Balaban J connectivity index is 1.98. The molecule has 1 aromatic carbocycles. The lowest BCUT2D eigenvalue weighted by molar-refractivity contribution is 0.150. The number of hydrogen-bond donors (Lipinski definition) is 2. The summed E-state index contributed by atoms with van der Waals surface area (Å²) in [6.07, 6.45) is 2.45. The molecular weight excluding hydrogens is 268 g/mol. The van der Waals surface area contributed by atoms with Gasteiger partial charge in [0.05, 0.1) is 19.8 Å². The highest BCUT2D eigenvalue weighted by molar-refractivity contribution is 5.52. The highest BCUT2D eigenvalue weighted by Gasteiger charge is 2.39. The van der Waals surface area contributed by atoms with Crippen LogP contribution in [0.3, 0.4) is 0 Å². The summed E-state index contributed by atoms with van der Waals surface area (Å²) in [6.45, 7) is 4.02. The lowest BCUT2D eigenvalue weighted by atomic mass is 9.97. The lowest BCUT2D eigenvalue weighted by Crippen LogP contribution is -2.45. The van der Waals surface area contributed by atoms with Gasteiger partial charge in [0.2, 0.25) is 0 Å². The molecule has 116 valence electrons. The third-order valence-corrected chi connectivity index (χ3v) is 4.46. The van der Waals surface area contributed by atoms with E-state index in [0.717, 1.165) is 37.5 Å². The van der Waals surface area contributed by atoms with E-state index in [1.807, 2.05) is 6.07 Å². The molecule has 0 aromatic heterocycles. The number of hydrogen-bond acceptors (Lipinski definition) is 5. The molecule has 21 heavy (non-hydrogen) atoms. The normalized spacial score (nSPS) is 21.0. The topological polar surface area (TPSA) is 54.0 Å². The number of phenolic OH excluding ortho intramolecular Hbond substituents is 1. The van der Waals surface area contributed by atoms with E-state index in [2.05, 4.69) is 10.2 Å². The van der Waals surface area contributed by atoms with Crippen LogP contribution in [-0.2, 0) is 0 Å². The summed E-state index contributed by atoms with van der Waals surface area (Å²) in [5, 5.41) is 13.9. The highest BCUT2D eigenvalue weighted by atomic mass is 16.5. The molecule has 0 radical (unpaired) electrons. The molecule has 1 saturated carbocycles. The van der Waals surface area contributed by atoms with Crippen molar-refractivity contribution in [1.29, 1.82) is 0 Å². The number of phenols is 1. The third-order valence-electron chi connectivity index (χ3n) is 4.46. The zero-order valence-corrected chi connectivity index (χ0v) is 12.8. The van der Waals surface area contributed by atoms with Crippen LogP contribution < -0.4 is 14.8 Å². The van der Waals surface area contributed by atoms with Gasteiger partial charge in [-0.15, -0.1) is 0 Å². The summed E-state index contributed by atoms with van der Waals surface area (Å²) >= 11 is 0. The van der Waals surface area contributed by atoms with E-state index in [0.29, 0.717) is 11.7 Å². The van der Waals surface area contributed by atoms with Crippen molar-refractivity contribution in [2.24, 2.45) is 5.92 Å². The van der Waals surface area contributed by atoms with E-state index in [1.54, 1.807) is 20.3 Å². The number of nitrogens with one attached hydrogen (secondary N) is 1. The van der Waals surface area contributed by atoms with E-state index in [1.165, 1.54) is 12.8 Å². The summed E-state index contributed by atoms with van der Waals surface area (Å²) in [5.74, 6) is 2.25. The van der Waals surface area contributed by atoms with Crippen LogP contribution in [0.1, 0.15) is 24.4 Å². The molecular formula is C16H24N2O3. The van der Waals surface area contributed by atoms with Gasteiger partial charge < -0.3 is 19.9 Å². The van der Waals surface area contributed by atoms with Crippen molar-refractivity contribution in [2.45, 2.75) is 18.9 Å². The number of piperazine rings is 1. The Morgan fingerprint density at radius 1 is 1.19 bits per heavy atom. The Morgan fingerprint density at radius 3 is 2.48 bits per heavy atom. The number of aromatic hydroxyl groups is 1. The standard InChI is InChI=1S/C16H24N2O3/c1-20-12-9-13(19)15(14(10-12)21-2)16(11-3-4-11)18-7-5-17-6-8-18/h9-11,16-17,19H,3-8H2,1-2H3/t16-/m0/s1. The second-order valence-corrected chi connectivity index (χ2v) is 5.83. The number of methoxy groups -OCH3 is 2. The number of nitrogens with zero attached hydrogens (tertiary/aromatic N) is 1. The van der Waals surface area contributed by atoms with E-state index < -0.39 is 0 Å². The molecule has 3 rings (SSSR count). The van der Waals surface area contributed by atoms with Crippen LogP contribution in [0.15, 0.2) is 12.1 Å². The molecule has 1 heterocycles. The van der Waals surface area contributed by atoms with Gasteiger partial charge in [-0.05, 0) is 18.8 Å². The molecule has 1 atom stereocenters. The highest BCUT2D eigenvalue weighted by Crippen LogP contribution is 2.50. The number of benzene rings is 1. The van der Waals surface area contributed by atoms with Crippen molar-refractivity contribution in [1.82, 2.24) is 10.2 Å². The summed E-state index contributed by atoms with van der Waals surface area (Å²) in [6, 6.07) is 3.80. The van der Waals surface area contributed by atoms with Crippen LogP contribution in [0.5, 0.6) is 17.2 Å². The van der Waals surface area contributed by atoms with Crippen LogP contribution >= 0.6 is 0 Å².